The van der Waals surface area contributed by atoms with E-state index in [1.165, 1.54) is 13.3 Å². The predicted octanol–water partition coefficient (Wildman–Crippen LogP) is 4.86. The quantitative estimate of drug-likeness (QED) is 0.327. The number of rotatable bonds is 9. The Morgan fingerprint density at radius 3 is 2.39 bits per heavy atom. The molecule has 18 heavy (non-hydrogen) atoms. The molecule has 0 spiro atoms. The normalized spacial score (nSPS) is 12.6. The van der Waals surface area contributed by atoms with Crippen molar-refractivity contribution in [3.63, 3.8) is 0 Å². The van der Waals surface area contributed by atoms with Crippen LogP contribution in [0.2, 0.25) is 0 Å². The van der Waals surface area contributed by atoms with Gasteiger partial charge in [-0.1, -0.05) is 32.6 Å². The molecule has 0 aromatic rings. The van der Waals surface area contributed by atoms with Crippen molar-refractivity contribution < 1.29 is 18.3 Å². The van der Waals surface area contributed by atoms with Crippen molar-refractivity contribution in [2.75, 3.05) is 6.61 Å². The van der Waals surface area contributed by atoms with Gasteiger partial charge in [-0.25, -0.2) is 4.79 Å². The SMILES string of the molecule is CCCCCCCC(I)=CC(F)(F)C(=O)OCC. The maximum absolute atomic E-state index is 13.3. The number of carbonyl (C=O) groups excluding carboxylic acids is 1. The Morgan fingerprint density at radius 2 is 1.83 bits per heavy atom. The van der Waals surface area contributed by atoms with E-state index >= 15 is 0 Å². The molecule has 0 saturated heterocycles. The summed E-state index contributed by atoms with van der Waals surface area (Å²) in [5.74, 6) is -4.97. The smallest absolute Gasteiger partial charge is 0.381 e. The summed E-state index contributed by atoms with van der Waals surface area (Å²) in [5, 5.41) is 0. The molecular formula is C13H21F2IO2. The lowest BCUT2D eigenvalue weighted by molar-refractivity contribution is -0.164. The molecule has 0 aliphatic rings. The van der Waals surface area contributed by atoms with E-state index in [0.717, 1.165) is 25.7 Å². The molecule has 0 aromatic heterocycles. The lowest BCUT2D eigenvalue weighted by Gasteiger charge is -2.11. The van der Waals surface area contributed by atoms with Gasteiger partial charge in [0.15, 0.2) is 0 Å². The molecule has 0 bridgehead atoms. The van der Waals surface area contributed by atoms with Crippen LogP contribution in [0.1, 0.15) is 52.4 Å². The van der Waals surface area contributed by atoms with Crippen molar-refractivity contribution in [3.8, 4) is 0 Å². The molecule has 5 heteroatoms. The fourth-order valence-corrected chi connectivity index (χ4v) is 2.23. The van der Waals surface area contributed by atoms with Gasteiger partial charge in [0.1, 0.15) is 0 Å². The average molecular weight is 374 g/mol. The first-order valence-corrected chi connectivity index (χ1v) is 7.44. The summed E-state index contributed by atoms with van der Waals surface area (Å²) in [6.07, 6.45) is 6.71. The van der Waals surface area contributed by atoms with E-state index in [9.17, 15) is 13.6 Å². The number of unbranched alkanes of at least 4 members (excludes halogenated alkanes) is 4. The first-order chi connectivity index (χ1) is 8.44. The van der Waals surface area contributed by atoms with Gasteiger partial charge < -0.3 is 4.74 Å². The summed E-state index contributed by atoms with van der Waals surface area (Å²) in [7, 11) is 0. The van der Waals surface area contributed by atoms with E-state index in [0.29, 0.717) is 16.1 Å². The Bertz CT molecular complexity index is 278. The van der Waals surface area contributed by atoms with Crippen molar-refractivity contribution in [1.82, 2.24) is 0 Å². The summed E-state index contributed by atoms with van der Waals surface area (Å²) < 4.78 is 31.5. The number of carbonyl (C=O) groups is 1. The molecule has 2 nitrogen and oxygen atoms in total. The summed E-state index contributed by atoms with van der Waals surface area (Å²) in [4.78, 5) is 11.0. The van der Waals surface area contributed by atoms with Crippen molar-refractivity contribution in [2.45, 2.75) is 58.3 Å². The topological polar surface area (TPSA) is 26.3 Å². The zero-order valence-corrected chi connectivity index (χ0v) is 13.1. The second kappa shape index (κ2) is 9.69. The minimum absolute atomic E-state index is 0.0319. The molecule has 0 saturated carbocycles. The van der Waals surface area contributed by atoms with E-state index in [4.69, 9.17) is 0 Å². The van der Waals surface area contributed by atoms with E-state index in [1.54, 1.807) is 0 Å². The van der Waals surface area contributed by atoms with Gasteiger partial charge in [-0.05, 0) is 45.9 Å². The molecule has 0 radical (unpaired) electrons. The third kappa shape index (κ3) is 8.00. The van der Waals surface area contributed by atoms with Crippen LogP contribution in [0.3, 0.4) is 0 Å². The van der Waals surface area contributed by atoms with Crippen LogP contribution in [0, 0.1) is 0 Å². The number of halogens is 3. The molecule has 0 N–H and O–H groups in total. The Hall–Kier alpha value is -0.200. The fourth-order valence-electron chi connectivity index (χ4n) is 1.45. The number of hydrogen-bond acceptors (Lipinski definition) is 2. The standard InChI is InChI=1S/C13H21F2IO2/c1-3-5-6-7-8-9-11(16)10-13(14,15)12(17)18-4-2/h10H,3-9H2,1-2H3. The molecule has 0 rings (SSSR count). The van der Waals surface area contributed by atoms with Crippen molar-refractivity contribution in [2.24, 2.45) is 0 Å². The van der Waals surface area contributed by atoms with Crippen LogP contribution in [0.5, 0.6) is 0 Å². The number of esters is 1. The molecular weight excluding hydrogens is 353 g/mol. The predicted molar refractivity (Wildman–Crippen MR) is 77.1 cm³/mol. The summed E-state index contributed by atoms with van der Waals surface area (Å²) >= 11 is 1.86. The van der Waals surface area contributed by atoms with Gasteiger partial charge in [-0.15, -0.1) is 0 Å². The second-order valence-corrected chi connectivity index (χ2v) is 5.48. The molecule has 0 atom stereocenters. The minimum atomic E-state index is -3.50. The van der Waals surface area contributed by atoms with Crippen molar-refractivity contribution >= 4 is 28.6 Å². The van der Waals surface area contributed by atoms with E-state index < -0.39 is 11.9 Å². The third-order valence-electron chi connectivity index (χ3n) is 2.40. The number of alkyl halides is 2. The van der Waals surface area contributed by atoms with Crippen LogP contribution < -0.4 is 0 Å². The lowest BCUT2D eigenvalue weighted by atomic mass is 10.1. The monoisotopic (exact) mass is 374 g/mol. The van der Waals surface area contributed by atoms with Crippen LogP contribution in [-0.2, 0) is 9.53 Å². The van der Waals surface area contributed by atoms with Crippen LogP contribution in [-0.4, -0.2) is 18.5 Å². The fraction of sp³-hybridized carbons (Fsp3) is 0.769. The molecule has 0 heterocycles. The van der Waals surface area contributed by atoms with Gasteiger partial charge >= 0.3 is 11.9 Å². The summed E-state index contributed by atoms with van der Waals surface area (Å²) in [5.41, 5.74) is 0. The van der Waals surface area contributed by atoms with Crippen LogP contribution >= 0.6 is 22.6 Å². The van der Waals surface area contributed by atoms with Crippen LogP contribution in [0.4, 0.5) is 8.78 Å². The van der Waals surface area contributed by atoms with Crippen LogP contribution in [0.15, 0.2) is 9.66 Å². The number of allylic oxidation sites excluding steroid dienone is 1. The number of ether oxygens (including phenoxy) is 1. The Kier molecular flexibility index (Phi) is 9.59. The zero-order chi connectivity index (χ0) is 14.0. The molecule has 106 valence electrons. The molecule has 0 fully saturated rings. The first kappa shape index (κ1) is 17.8. The largest absolute Gasteiger partial charge is 0.461 e. The maximum Gasteiger partial charge on any atom is 0.381 e. The van der Waals surface area contributed by atoms with Crippen LogP contribution in [0.25, 0.3) is 0 Å². The third-order valence-corrected chi connectivity index (χ3v) is 3.26. The Labute approximate surface area is 121 Å². The molecule has 0 amide bonds. The molecule has 0 aliphatic carbocycles. The highest BCUT2D eigenvalue weighted by atomic mass is 127. The van der Waals surface area contributed by atoms with Gasteiger partial charge in [-0.3, -0.25) is 0 Å². The maximum atomic E-state index is 13.3. The van der Waals surface area contributed by atoms with Crippen molar-refractivity contribution in [1.29, 1.82) is 0 Å². The second-order valence-electron chi connectivity index (χ2n) is 4.10. The van der Waals surface area contributed by atoms with E-state index in [2.05, 4.69) is 11.7 Å². The zero-order valence-electron chi connectivity index (χ0n) is 11.0. The molecule has 0 aliphatic heterocycles. The van der Waals surface area contributed by atoms with Gasteiger partial charge in [-0.2, -0.15) is 8.78 Å². The van der Waals surface area contributed by atoms with E-state index in [1.807, 2.05) is 22.6 Å². The van der Waals surface area contributed by atoms with Crippen molar-refractivity contribution in [3.05, 3.63) is 9.66 Å². The highest BCUT2D eigenvalue weighted by Crippen LogP contribution is 2.25. The van der Waals surface area contributed by atoms with Gasteiger partial charge in [0.2, 0.25) is 0 Å². The highest BCUT2D eigenvalue weighted by molar-refractivity contribution is 14.1. The Balaban J connectivity index is 4.10. The molecule has 0 aromatic carbocycles. The average Bonchev–Trinajstić information content (AvgIpc) is 2.28. The Morgan fingerprint density at radius 1 is 1.22 bits per heavy atom. The van der Waals surface area contributed by atoms with Gasteiger partial charge in [0.05, 0.1) is 6.61 Å². The summed E-state index contributed by atoms with van der Waals surface area (Å²) in [6.45, 7) is 3.61. The highest BCUT2D eigenvalue weighted by Gasteiger charge is 2.38. The van der Waals surface area contributed by atoms with Gasteiger partial charge in [0, 0.05) is 6.08 Å². The number of hydrogen-bond donors (Lipinski definition) is 0. The van der Waals surface area contributed by atoms with Gasteiger partial charge in [0.25, 0.3) is 0 Å². The first-order valence-electron chi connectivity index (χ1n) is 6.36. The van der Waals surface area contributed by atoms with E-state index in [-0.39, 0.29) is 6.61 Å². The minimum Gasteiger partial charge on any atom is -0.461 e. The molecule has 0 unspecified atom stereocenters. The summed E-state index contributed by atoms with van der Waals surface area (Å²) in [6, 6.07) is 0. The lowest BCUT2D eigenvalue weighted by Crippen LogP contribution is -2.28.